The van der Waals surface area contributed by atoms with Gasteiger partial charge in [-0.3, -0.25) is 9.78 Å². The summed E-state index contributed by atoms with van der Waals surface area (Å²) >= 11 is 0. The Morgan fingerprint density at radius 3 is 2.94 bits per heavy atom. The quantitative estimate of drug-likeness (QED) is 0.833. The molecule has 0 spiro atoms. The van der Waals surface area contributed by atoms with Crippen molar-refractivity contribution in [3.8, 4) is 0 Å². The van der Waals surface area contributed by atoms with E-state index in [0.717, 1.165) is 10.9 Å². The van der Waals surface area contributed by atoms with Gasteiger partial charge < -0.3 is 11.1 Å². The number of para-hydroxylation sites is 1. The summed E-state index contributed by atoms with van der Waals surface area (Å²) in [5, 5.41) is 3.79. The summed E-state index contributed by atoms with van der Waals surface area (Å²) in [6, 6.07) is 9.31. The van der Waals surface area contributed by atoms with Gasteiger partial charge in [-0.1, -0.05) is 18.2 Å². The molecule has 0 aliphatic heterocycles. The molecule has 1 atom stereocenters. The van der Waals surface area contributed by atoms with E-state index in [2.05, 4.69) is 10.3 Å². The molecule has 1 heterocycles. The summed E-state index contributed by atoms with van der Waals surface area (Å²) < 4.78 is 0. The van der Waals surface area contributed by atoms with Crippen molar-refractivity contribution in [1.82, 2.24) is 10.3 Å². The Kier molecular flexibility index (Phi) is 3.35. The number of hydrogen-bond acceptors (Lipinski definition) is 3. The van der Waals surface area contributed by atoms with Gasteiger partial charge in [0, 0.05) is 24.2 Å². The maximum Gasteiger partial charge on any atom is 0.253 e. The van der Waals surface area contributed by atoms with Crippen molar-refractivity contribution in [2.45, 2.75) is 13.0 Å². The number of benzene rings is 1. The Bertz CT molecular complexity index is 534. The molecule has 4 heteroatoms. The molecular weight excluding hydrogens is 214 g/mol. The van der Waals surface area contributed by atoms with Crippen LogP contribution in [0.2, 0.25) is 0 Å². The predicted molar refractivity (Wildman–Crippen MR) is 67.7 cm³/mol. The third-order valence-electron chi connectivity index (χ3n) is 2.61. The molecule has 1 aromatic carbocycles. The van der Waals surface area contributed by atoms with Crippen LogP contribution in [0.1, 0.15) is 17.3 Å². The molecule has 0 saturated carbocycles. The highest BCUT2D eigenvalue weighted by atomic mass is 16.1. The van der Waals surface area contributed by atoms with Gasteiger partial charge in [-0.25, -0.2) is 0 Å². The summed E-state index contributed by atoms with van der Waals surface area (Å²) in [6.07, 6.45) is 1.69. The van der Waals surface area contributed by atoms with Gasteiger partial charge in [0.2, 0.25) is 0 Å². The molecule has 2 rings (SSSR count). The van der Waals surface area contributed by atoms with Gasteiger partial charge in [0.05, 0.1) is 11.1 Å². The summed E-state index contributed by atoms with van der Waals surface area (Å²) in [4.78, 5) is 16.3. The fraction of sp³-hybridized carbons (Fsp3) is 0.231. The fourth-order valence-corrected chi connectivity index (χ4v) is 1.65. The zero-order valence-electron chi connectivity index (χ0n) is 9.68. The number of nitrogens with zero attached hydrogens (tertiary/aromatic N) is 1. The lowest BCUT2D eigenvalue weighted by Gasteiger charge is -2.12. The van der Waals surface area contributed by atoms with Gasteiger partial charge in [-0.05, 0) is 19.1 Å². The lowest BCUT2D eigenvalue weighted by molar-refractivity contribution is 0.0943. The third kappa shape index (κ3) is 2.42. The molecule has 0 saturated heterocycles. The Hall–Kier alpha value is -1.94. The second-order valence-corrected chi connectivity index (χ2v) is 3.99. The van der Waals surface area contributed by atoms with Crippen LogP contribution in [-0.4, -0.2) is 23.5 Å². The highest BCUT2D eigenvalue weighted by molar-refractivity contribution is 6.05. The van der Waals surface area contributed by atoms with Crippen LogP contribution in [0.5, 0.6) is 0 Å². The summed E-state index contributed by atoms with van der Waals surface area (Å²) in [7, 11) is 0. The van der Waals surface area contributed by atoms with Crippen LogP contribution >= 0.6 is 0 Å². The Labute approximate surface area is 99.8 Å². The Balaban J connectivity index is 2.38. The molecule has 0 fully saturated rings. The van der Waals surface area contributed by atoms with E-state index in [4.69, 9.17) is 5.73 Å². The third-order valence-corrected chi connectivity index (χ3v) is 2.61. The van der Waals surface area contributed by atoms with Crippen LogP contribution in [0.3, 0.4) is 0 Å². The number of nitrogens with one attached hydrogen (secondary N) is 1. The minimum atomic E-state index is -0.132. The van der Waals surface area contributed by atoms with Crippen LogP contribution in [-0.2, 0) is 0 Å². The molecule has 4 nitrogen and oxygen atoms in total. The first-order valence-electron chi connectivity index (χ1n) is 5.57. The van der Waals surface area contributed by atoms with Crippen molar-refractivity contribution in [1.29, 1.82) is 0 Å². The molecule has 0 unspecified atom stereocenters. The maximum absolute atomic E-state index is 12.0. The summed E-state index contributed by atoms with van der Waals surface area (Å²) in [6.45, 7) is 2.29. The minimum Gasteiger partial charge on any atom is -0.348 e. The van der Waals surface area contributed by atoms with Crippen LogP contribution in [0.4, 0.5) is 0 Å². The number of nitrogens with two attached hydrogens (primary N) is 1. The Morgan fingerprint density at radius 2 is 2.18 bits per heavy atom. The summed E-state index contributed by atoms with van der Waals surface area (Å²) in [5.41, 5.74) is 6.79. The van der Waals surface area contributed by atoms with E-state index in [1.165, 1.54) is 0 Å². The average molecular weight is 229 g/mol. The SMILES string of the molecule is C[C@H](CN)NC(=O)c1cccc2cccnc12. The average Bonchev–Trinajstić information content (AvgIpc) is 2.37. The molecule has 88 valence electrons. The number of carbonyl (C=O) groups excluding carboxylic acids is 1. The molecule has 17 heavy (non-hydrogen) atoms. The van der Waals surface area contributed by atoms with Crippen molar-refractivity contribution >= 4 is 16.8 Å². The van der Waals surface area contributed by atoms with Crippen LogP contribution in [0, 0.1) is 0 Å². The van der Waals surface area contributed by atoms with Crippen LogP contribution in [0.15, 0.2) is 36.5 Å². The van der Waals surface area contributed by atoms with Gasteiger partial charge in [0.25, 0.3) is 5.91 Å². The number of fused-ring (bicyclic) bond motifs is 1. The molecule has 1 aromatic heterocycles. The fourth-order valence-electron chi connectivity index (χ4n) is 1.65. The molecule has 0 bridgehead atoms. The van der Waals surface area contributed by atoms with E-state index in [1.807, 2.05) is 31.2 Å². The van der Waals surface area contributed by atoms with Gasteiger partial charge >= 0.3 is 0 Å². The second-order valence-electron chi connectivity index (χ2n) is 3.99. The molecule has 3 N–H and O–H groups in total. The predicted octanol–water partition coefficient (Wildman–Crippen LogP) is 1.31. The van der Waals surface area contributed by atoms with Crippen LogP contribution in [0.25, 0.3) is 10.9 Å². The number of pyridine rings is 1. The number of amides is 1. The number of aromatic nitrogens is 1. The smallest absolute Gasteiger partial charge is 0.253 e. The van der Waals surface area contributed by atoms with Crippen LogP contribution < -0.4 is 11.1 Å². The molecule has 0 aliphatic carbocycles. The lowest BCUT2D eigenvalue weighted by Crippen LogP contribution is -2.37. The van der Waals surface area contributed by atoms with E-state index in [9.17, 15) is 4.79 Å². The van der Waals surface area contributed by atoms with E-state index in [0.29, 0.717) is 12.1 Å². The largest absolute Gasteiger partial charge is 0.348 e. The first-order chi connectivity index (χ1) is 8.22. The van der Waals surface area contributed by atoms with Gasteiger partial charge in [0.1, 0.15) is 0 Å². The monoisotopic (exact) mass is 229 g/mol. The maximum atomic E-state index is 12.0. The highest BCUT2D eigenvalue weighted by Crippen LogP contribution is 2.15. The summed E-state index contributed by atoms with van der Waals surface area (Å²) in [5.74, 6) is -0.132. The van der Waals surface area contributed by atoms with E-state index in [-0.39, 0.29) is 11.9 Å². The number of rotatable bonds is 3. The van der Waals surface area contributed by atoms with Crippen molar-refractivity contribution in [2.75, 3.05) is 6.54 Å². The topological polar surface area (TPSA) is 68.0 Å². The first-order valence-corrected chi connectivity index (χ1v) is 5.57. The minimum absolute atomic E-state index is 0.0403. The molecular formula is C13H15N3O. The zero-order chi connectivity index (χ0) is 12.3. The molecule has 1 amide bonds. The Morgan fingerprint density at radius 1 is 1.41 bits per heavy atom. The van der Waals surface area contributed by atoms with E-state index in [1.54, 1.807) is 12.3 Å². The van der Waals surface area contributed by atoms with Crippen molar-refractivity contribution in [3.63, 3.8) is 0 Å². The number of hydrogen-bond donors (Lipinski definition) is 2. The van der Waals surface area contributed by atoms with Crippen molar-refractivity contribution < 1.29 is 4.79 Å². The van der Waals surface area contributed by atoms with Gasteiger partial charge in [-0.15, -0.1) is 0 Å². The second kappa shape index (κ2) is 4.93. The van der Waals surface area contributed by atoms with Gasteiger partial charge in [0.15, 0.2) is 0 Å². The first kappa shape index (κ1) is 11.5. The van der Waals surface area contributed by atoms with Gasteiger partial charge in [-0.2, -0.15) is 0 Å². The zero-order valence-corrected chi connectivity index (χ0v) is 9.68. The van der Waals surface area contributed by atoms with E-state index >= 15 is 0 Å². The van der Waals surface area contributed by atoms with Crippen molar-refractivity contribution in [3.05, 3.63) is 42.1 Å². The lowest BCUT2D eigenvalue weighted by atomic mass is 10.1. The molecule has 0 radical (unpaired) electrons. The molecule has 0 aliphatic rings. The standard InChI is InChI=1S/C13H15N3O/c1-9(8-14)16-13(17)11-6-2-4-10-5-3-7-15-12(10)11/h2-7,9H,8,14H2,1H3,(H,16,17)/t9-/m1/s1. The molecule has 2 aromatic rings. The van der Waals surface area contributed by atoms with Crippen molar-refractivity contribution in [2.24, 2.45) is 5.73 Å². The van der Waals surface area contributed by atoms with E-state index < -0.39 is 0 Å². The number of carbonyl (C=O) groups is 1. The normalized spacial score (nSPS) is 12.4. The highest BCUT2D eigenvalue weighted by Gasteiger charge is 2.12.